The number of phosphoric acid groups is 1. The molecule has 0 aromatic heterocycles. The van der Waals surface area contributed by atoms with Crippen LogP contribution in [0.25, 0.3) is 0 Å². The highest BCUT2D eigenvalue weighted by molar-refractivity contribution is 7.73. The molecular weight excluding hydrogens is 371 g/mol. The van der Waals surface area contributed by atoms with Crippen LogP contribution in [0.15, 0.2) is 24.3 Å². The standard InChI is InChI=1S/C14H23N2O7PS/c1-22-24(18,19)23-11-5-3-2-4-10-15-14(17)12-6-8-13(9-7-12)16-25(20)21/h6-9,25H,2-5,10-11H2,1H3,(H,15,17)(H,18,19)(H,16,20,21). The van der Waals surface area contributed by atoms with Crippen LogP contribution in [0, 0.1) is 0 Å². The van der Waals surface area contributed by atoms with Crippen molar-refractivity contribution in [3.05, 3.63) is 29.8 Å². The lowest BCUT2D eigenvalue weighted by Gasteiger charge is -2.09. The van der Waals surface area contributed by atoms with E-state index < -0.39 is 18.7 Å². The Morgan fingerprint density at radius 3 is 2.40 bits per heavy atom. The molecule has 9 nitrogen and oxygen atoms in total. The van der Waals surface area contributed by atoms with Crippen molar-refractivity contribution < 1.29 is 31.7 Å². The van der Waals surface area contributed by atoms with Gasteiger partial charge in [0.25, 0.3) is 5.91 Å². The largest absolute Gasteiger partial charge is 0.471 e. The number of amides is 1. The van der Waals surface area contributed by atoms with E-state index in [2.05, 4.69) is 14.6 Å². The van der Waals surface area contributed by atoms with Crippen molar-refractivity contribution >= 4 is 30.3 Å². The fourth-order valence-corrected chi connectivity index (χ4v) is 2.74. The zero-order valence-corrected chi connectivity index (χ0v) is 15.6. The first-order chi connectivity index (χ1) is 11.8. The van der Waals surface area contributed by atoms with E-state index in [0.717, 1.165) is 26.4 Å². The lowest BCUT2D eigenvalue weighted by molar-refractivity contribution is 0.0952. The van der Waals surface area contributed by atoms with Crippen molar-refractivity contribution in [3.63, 3.8) is 0 Å². The molecule has 1 rings (SSSR count). The van der Waals surface area contributed by atoms with Gasteiger partial charge in [0.2, 0.25) is 10.9 Å². The van der Waals surface area contributed by atoms with E-state index in [9.17, 15) is 17.8 Å². The van der Waals surface area contributed by atoms with E-state index in [1.165, 1.54) is 24.3 Å². The molecule has 1 aromatic rings. The van der Waals surface area contributed by atoms with E-state index >= 15 is 0 Å². The molecular formula is C14H23N2O7PS. The molecule has 0 aliphatic heterocycles. The van der Waals surface area contributed by atoms with Gasteiger partial charge in [-0.2, -0.15) is 0 Å². The quantitative estimate of drug-likeness (QED) is 0.241. The number of phosphoric ester groups is 1. The number of carbonyl (C=O) groups is 1. The Morgan fingerprint density at radius 2 is 1.80 bits per heavy atom. The fraction of sp³-hybridized carbons (Fsp3) is 0.500. The van der Waals surface area contributed by atoms with Crippen LogP contribution < -0.4 is 10.0 Å². The molecule has 0 spiro atoms. The maximum absolute atomic E-state index is 11.9. The number of anilines is 1. The number of nitrogens with one attached hydrogen (secondary N) is 2. The summed E-state index contributed by atoms with van der Waals surface area (Å²) in [5.41, 5.74) is 0.842. The van der Waals surface area contributed by atoms with E-state index in [1.54, 1.807) is 0 Å². The minimum absolute atomic E-state index is 0.142. The number of rotatable bonds is 12. The van der Waals surface area contributed by atoms with Gasteiger partial charge < -0.3 is 10.2 Å². The molecule has 1 atom stereocenters. The predicted molar refractivity (Wildman–Crippen MR) is 94.0 cm³/mol. The topological polar surface area (TPSA) is 131 Å². The van der Waals surface area contributed by atoms with Crippen LogP contribution in [0.2, 0.25) is 0 Å². The normalized spacial score (nSPS) is 13.4. The van der Waals surface area contributed by atoms with Gasteiger partial charge in [0.15, 0.2) is 0 Å². The number of unbranched alkanes of at least 4 members (excludes halogenated alkanes) is 3. The number of carbonyl (C=O) groups excluding carboxylic acids is 1. The Balaban J connectivity index is 2.15. The van der Waals surface area contributed by atoms with E-state index in [1.807, 2.05) is 0 Å². The summed E-state index contributed by atoms with van der Waals surface area (Å²) in [4.78, 5) is 20.9. The third-order valence-corrected chi connectivity index (χ3v) is 4.62. The second-order valence-corrected chi connectivity index (χ2v) is 7.40. The molecule has 0 radical (unpaired) electrons. The van der Waals surface area contributed by atoms with Crippen LogP contribution in [0.1, 0.15) is 36.0 Å². The summed E-state index contributed by atoms with van der Waals surface area (Å²) >= 11 is 0. The van der Waals surface area contributed by atoms with Gasteiger partial charge in [0.05, 0.1) is 6.61 Å². The number of benzene rings is 1. The summed E-state index contributed by atoms with van der Waals surface area (Å²) in [5.74, 6) is -0.234. The van der Waals surface area contributed by atoms with Crippen LogP contribution in [0.3, 0.4) is 0 Å². The van der Waals surface area contributed by atoms with E-state index in [-0.39, 0.29) is 12.5 Å². The van der Waals surface area contributed by atoms with Crippen molar-refractivity contribution in [1.29, 1.82) is 0 Å². The summed E-state index contributed by atoms with van der Waals surface area (Å²) in [5, 5.41) is 2.77. The van der Waals surface area contributed by atoms with Crippen LogP contribution in [0.5, 0.6) is 0 Å². The minimum atomic E-state index is -3.89. The summed E-state index contributed by atoms with van der Waals surface area (Å²) in [6.07, 6.45) is 3.03. The van der Waals surface area contributed by atoms with Crippen LogP contribution in [-0.2, 0) is 24.5 Å². The Morgan fingerprint density at radius 1 is 1.16 bits per heavy atom. The molecule has 25 heavy (non-hydrogen) atoms. The van der Waals surface area contributed by atoms with Crippen molar-refractivity contribution in [1.82, 2.24) is 5.32 Å². The third-order valence-electron chi connectivity index (χ3n) is 3.21. The van der Waals surface area contributed by atoms with Gasteiger partial charge in [-0.3, -0.25) is 18.6 Å². The van der Waals surface area contributed by atoms with Gasteiger partial charge in [-0.25, -0.2) is 13.0 Å². The summed E-state index contributed by atoms with van der Waals surface area (Å²) in [7, 11) is -5.50. The molecule has 0 heterocycles. The summed E-state index contributed by atoms with van der Waals surface area (Å²) < 4.78 is 43.3. The average Bonchev–Trinajstić information content (AvgIpc) is 2.57. The van der Waals surface area contributed by atoms with Crippen molar-refractivity contribution in [2.45, 2.75) is 25.7 Å². The molecule has 0 saturated carbocycles. The Bertz CT molecular complexity index is 656. The third kappa shape index (κ3) is 9.57. The number of thiol groups is 1. The molecule has 1 amide bonds. The van der Waals surface area contributed by atoms with Gasteiger partial charge in [0, 0.05) is 24.9 Å². The van der Waals surface area contributed by atoms with Gasteiger partial charge >= 0.3 is 7.82 Å². The predicted octanol–water partition coefficient (Wildman–Crippen LogP) is 1.68. The lowest BCUT2D eigenvalue weighted by atomic mass is 10.2. The van der Waals surface area contributed by atoms with Crippen molar-refractivity contribution in [2.24, 2.45) is 0 Å². The first-order valence-electron chi connectivity index (χ1n) is 7.66. The molecule has 0 aliphatic carbocycles. The van der Waals surface area contributed by atoms with Gasteiger partial charge in [0.1, 0.15) is 0 Å². The monoisotopic (exact) mass is 394 g/mol. The van der Waals surface area contributed by atoms with E-state index in [4.69, 9.17) is 9.42 Å². The molecule has 1 unspecified atom stereocenters. The molecule has 3 N–H and O–H groups in total. The molecule has 142 valence electrons. The lowest BCUT2D eigenvalue weighted by Crippen LogP contribution is -2.24. The first kappa shape index (κ1) is 21.6. The van der Waals surface area contributed by atoms with Crippen LogP contribution >= 0.6 is 7.82 Å². The zero-order valence-electron chi connectivity index (χ0n) is 13.8. The molecule has 11 heteroatoms. The smallest absolute Gasteiger partial charge is 0.352 e. The molecule has 0 bridgehead atoms. The Labute approximate surface area is 148 Å². The SMILES string of the molecule is COP(=O)(O)OCCCCCCNC(=O)c1ccc(N[SH](=O)=O)cc1. The Kier molecular flexibility index (Phi) is 9.69. The van der Waals surface area contributed by atoms with Gasteiger partial charge in [-0.15, -0.1) is 0 Å². The first-order valence-corrected chi connectivity index (χ1v) is 10.3. The summed E-state index contributed by atoms with van der Waals surface area (Å²) in [6.45, 7) is 0.645. The fourth-order valence-electron chi connectivity index (χ4n) is 1.92. The van der Waals surface area contributed by atoms with Crippen LogP contribution in [0.4, 0.5) is 5.69 Å². The average molecular weight is 394 g/mol. The zero-order chi connectivity index (χ0) is 18.7. The highest BCUT2D eigenvalue weighted by Gasteiger charge is 2.17. The van der Waals surface area contributed by atoms with Crippen molar-refractivity contribution in [3.8, 4) is 0 Å². The maximum Gasteiger partial charge on any atom is 0.471 e. The number of hydrogen-bond donors (Lipinski definition) is 4. The molecule has 1 aromatic carbocycles. The van der Waals surface area contributed by atoms with E-state index in [0.29, 0.717) is 24.2 Å². The minimum Gasteiger partial charge on any atom is -0.352 e. The molecule has 0 saturated heterocycles. The second kappa shape index (κ2) is 11.2. The maximum atomic E-state index is 11.9. The van der Waals surface area contributed by atoms with Crippen LogP contribution in [-0.4, -0.2) is 39.5 Å². The number of hydrogen-bond acceptors (Lipinski definition) is 6. The molecule has 0 aliphatic rings. The second-order valence-electron chi connectivity index (χ2n) is 5.10. The highest BCUT2D eigenvalue weighted by atomic mass is 32.2. The summed E-state index contributed by atoms with van der Waals surface area (Å²) in [6, 6.07) is 6.10. The van der Waals surface area contributed by atoms with Gasteiger partial charge in [-0.1, -0.05) is 12.8 Å². The van der Waals surface area contributed by atoms with Gasteiger partial charge in [-0.05, 0) is 37.1 Å². The van der Waals surface area contributed by atoms with Crippen molar-refractivity contribution in [2.75, 3.05) is 25.0 Å². The molecule has 0 fully saturated rings. The highest BCUT2D eigenvalue weighted by Crippen LogP contribution is 2.41. The Hall–Kier alpha value is -1.45.